The summed E-state index contributed by atoms with van der Waals surface area (Å²) in [7, 11) is 1.65. The topological polar surface area (TPSA) is 70.6 Å². The third-order valence-electron chi connectivity index (χ3n) is 5.04. The quantitative estimate of drug-likeness (QED) is 0.774. The van der Waals surface area contributed by atoms with Gasteiger partial charge < -0.3 is 19.9 Å². The Bertz CT molecular complexity index is 777. The van der Waals surface area contributed by atoms with E-state index in [1.54, 1.807) is 7.11 Å². The number of aromatic nitrogens is 2. The number of carbonyl (C=O) groups is 1. The molecular weight excluding hydrogens is 366 g/mol. The molecule has 1 aliphatic heterocycles. The molecule has 3 rings (SSSR count). The summed E-state index contributed by atoms with van der Waals surface area (Å²) in [5.41, 5.74) is 1.84. The Labute approximate surface area is 173 Å². The molecule has 1 aromatic carbocycles. The van der Waals surface area contributed by atoms with Crippen molar-refractivity contribution in [1.82, 2.24) is 20.4 Å². The summed E-state index contributed by atoms with van der Waals surface area (Å²) in [6.07, 6.45) is 0.928. The Hall–Kier alpha value is -2.67. The molecule has 2 aromatic rings. The largest absolute Gasteiger partial charge is 0.497 e. The van der Waals surface area contributed by atoms with Crippen LogP contribution in [0.5, 0.6) is 5.75 Å². The number of nitrogens with zero attached hydrogens (tertiary/aromatic N) is 4. The van der Waals surface area contributed by atoms with E-state index < -0.39 is 0 Å². The number of benzene rings is 1. The van der Waals surface area contributed by atoms with Crippen LogP contribution >= 0.6 is 0 Å². The highest BCUT2D eigenvalue weighted by Crippen LogP contribution is 2.22. The first-order valence-corrected chi connectivity index (χ1v) is 10.3. The van der Waals surface area contributed by atoms with E-state index in [0.717, 1.165) is 55.4 Å². The lowest BCUT2D eigenvalue weighted by Gasteiger charge is -2.23. The second kappa shape index (κ2) is 10.2. The standard InChI is InChI=1S/C22H31N5O2/c1-17(2)15-23-16-22(28)27-12-4-11-26(13-14-27)21-10-9-20(24-25-21)18-5-7-19(29-3)8-6-18/h5-10,17,23H,4,11-16H2,1-3H3. The van der Waals surface area contributed by atoms with Gasteiger partial charge in [-0.2, -0.15) is 0 Å². The van der Waals surface area contributed by atoms with Crippen molar-refractivity contribution < 1.29 is 9.53 Å². The molecule has 1 saturated heterocycles. The summed E-state index contributed by atoms with van der Waals surface area (Å²) in [5, 5.41) is 12.1. The van der Waals surface area contributed by atoms with E-state index in [1.165, 1.54) is 0 Å². The van der Waals surface area contributed by atoms with Crippen LogP contribution < -0.4 is 15.0 Å². The minimum atomic E-state index is 0.174. The van der Waals surface area contributed by atoms with Gasteiger partial charge in [-0.15, -0.1) is 10.2 Å². The number of nitrogens with one attached hydrogen (secondary N) is 1. The van der Waals surface area contributed by atoms with Crippen molar-refractivity contribution in [3.05, 3.63) is 36.4 Å². The van der Waals surface area contributed by atoms with Crippen LogP contribution in [0, 0.1) is 5.92 Å². The molecule has 1 amide bonds. The van der Waals surface area contributed by atoms with E-state index in [-0.39, 0.29) is 5.91 Å². The normalized spacial score (nSPS) is 14.8. The van der Waals surface area contributed by atoms with Crippen LogP contribution in [0.15, 0.2) is 36.4 Å². The van der Waals surface area contributed by atoms with Gasteiger partial charge in [0.1, 0.15) is 5.75 Å². The molecule has 1 aliphatic rings. The second-order valence-corrected chi connectivity index (χ2v) is 7.75. The fourth-order valence-electron chi connectivity index (χ4n) is 3.39. The van der Waals surface area contributed by atoms with Crippen molar-refractivity contribution in [2.45, 2.75) is 20.3 Å². The molecule has 7 heteroatoms. The predicted octanol–water partition coefficient (Wildman–Crippen LogP) is 2.44. The number of carbonyl (C=O) groups excluding carboxylic acids is 1. The highest BCUT2D eigenvalue weighted by atomic mass is 16.5. The van der Waals surface area contributed by atoms with E-state index in [1.807, 2.05) is 41.3 Å². The molecule has 0 unspecified atom stereocenters. The van der Waals surface area contributed by atoms with Crippen LogP contribution in [0.4, 0.5) is 5.82 Å². The van der Waals surface area contributed by atoms with Crippen molar-refractivity contribution in [3.8, 4) is 17.0 Å². The van der Waals surface area contributed by atoms with E-state index in [0.29, 0.717) is 19.0 Å². The zero-order valence-corrected chi connectivity index (χ0v) is 17.6. The van der Waals surface area contributed by atoms with Crippen molar-refractivity contribution in [2.24, 2.45) is 5.92 Å². The van der Waals surface area contributed by atoms with Gasteiger partial charge in [0.2, 0.25) is 5.91 Å². The van der Waals surface area contributed by atoms with Crippen LogP contribution in [0.3, 0.4) is 0 Å². The zero-order chi connectivity index (χ0) is 20.6. The van der Waals surface area contributed by atoms with Crippen molar-refractivity contribution in [2.75, 3.05) is 51.3 Å². The lowest BCUT2D eigenvalue weighted by molar-refractivity contribution is -0.130. The number of hydrogen-bond donors (Lipinski definition) is 1. The minimum absolute atomic E-state index is 0.174. The van der Waals surface area contributed by atoms with E-state index in [9.17, 15) is 4.79 Å². The molecule has 0 saturated carbocycles. The minimum Gasteiger partial charge on any atom is -0.497 e. The van der Waals surface area contributed by atoms with Gasteiger partial charge in [0.05, 0.1) is 19.3 Å². The maximum absolute atomic E-state index is 12.4. The number of hydrogen-bond acceptors (Lipinski definition) is 6. The zero-order valence-electron chi connectivity index (χ0n) is 17.6. The monoisotopic (exact) mass is 397 g/mol. The first-order valence-electron chi connectivity index (χ1n) is 10.3. The number of rotatable bonds is 7. The van der Waals surface area contributed by atoms with Crippen LogP contribution in [0.25, 0.3) is 11.3 Å². The summed E-state index contributed by atoms with van der Waals surface area (Å²) < 4.78 is 5.20. The van der Waals surface area contributed by atoms with Crippen molar-refractivity contribution >= 4 is 11.7 Å². The Morgan fingerprint density at radius 3 is 2.52 bits per heavy atom. The molecule has 1 N–H and O–H groups in total. The van der Waals surface area contributed by atoms with Crippen LogP contribution in [-0.2, 0) is 4.79 Å². The molecule has 0 atom stereocenters. The molecule has 0 bridgehead atoms. The summed E-state index contributed by atoms with van der Waals surface area (Å²) >= 11 is 0. The molecular formula is C22H31N5O2. The third-order valence-corrected chi connectivity index (χ3v) is 5.04. The summed E-state index contributed by atoms with van der Waals surface area (Å²) in [6, 6.07) is 11.8. The maximum Gasteiger partial charge on any atom is 0.236 e. The number of ether oxygens (including phenoxy) is 1. The highest BCUT2D eigenvalue weighted by molar-refractivity contribution is 5.78. The third kappa shape index (κ3) is 5.90. The fraction of sp³-hybridized carbons (Fsp3) is 0.500. The predicted molar refractivity (Wildman–Crippen MR) is 115 cm³/mol. The second-order valence-electron chi connectivity index (χ2n) is 7.75. The first kappa shape index (κ1) is 21.0. The molecule has 2 heterocycles. The Kier molecular flexibility index (Phi) is 7.41. The van der Waals surface area contributed by atoms with Gasteiger partial charge in [-0.3, -0.25) is 4.79 Å². The van der Waals surface area contributed by atoms with E-state index in [2.05, 4.69) is 34.3 Å². The lowest BCUT2D eigenvalue weighted by Crippen LogP contribution is -2.41. The molecule has 0 spiro atoms. The number of amides is 1. The average Bonchev–Trinajstić information content (AvgIpc) is 3.00. The summed E-state index contributed by atoms with van der Waals surface area (Å²) in [4.78, 5) is 16.6. The van der Waals surface area contributed by atoms with Gasteiger partial charge in [0, 0.05) is 31.7 Å². The van der Waals surface area contributed by atoms with Gasteiger partial charge >= 0.3 is 0 Å². The molecule has 7 nitrogen and oxygen atoms in total. The summed E-state index contributed by atoms with van der Waals surface area (Å²) in [6.45, 7) is 8.70. The molecule has 1 fully saturated rings. The smallest absolute Gasteiger partial charge is 0.236 e. The van der Waals surface area contributed by atoms with Gasteiger partial charge in [-0.05, 0) is 55.3 Å². The van der Waals surface area contributed by atoms with Crippen molar-refractivity contribution in [3.63, 3.8) is 0 Å². The van der Waals surface area contributed by atoms with Gasteiger partial charge in [-0.1, -0.05) is 13.8 Å². The van der Waals surface area contributed by atoms with Crippen LogP contribution in [0.1, 0.15) is 20.3 Å². The van der Waals surface area contributed by atoms with Crippen LogP contribution in [-0.4, -0.2) is 67.4 Å². The molecule has 0 radical (unpaired) electrons. The maximum atomic E-state index is 12.4. The molecule has 0 aliphatic carbocycles. The van der Waals surface area contributed by atoms with Gasteiger partial charge in [0.15, 0.2) is 5.82 Å². The molecule has 156 valence electrons. The average molecular weight is 398 g/mol. The van der Waals surface area contributed by atoms with E-state index in [4.69, 9.17) is 4.74 Å². The highest BCUT2D eigenvalue weighted by Gasteiger charge is 2.20. The molecule has 29 heavy (non-hydrogen) atoms. The number of methoxy groups -OCH3 is 1. The van der Waals surface area contributed by atoms with Crippen LogP contribution in [0.2, 0.25) is 0 Å². The lowest BCUT2D eigenvalue weighted by atomic mass is 10.1. The SMILES string of the molecule is COc1ccc(-c2ccc(N3CCCN(C(=O)CNCC(C)C)CC3)nn2)cc1. The summed E-state index contributed by atoms with van der Waals surface area (Å²) in [5.74, 6) is 2.39. The Morgan fingerprint density at radius 2 is 1.86 bits per heavy atom. The van der Waals surface area contributed by atoms with Gasteiger partial charge in [0.25, 0.3) is 0 Å². The first-order chi connectivity index (χ1) is 14.1. The van der Waals surface area contributed by atoms with Crippen molar-refractivity contribution in [1.29, 1.82) is 0 Å². The Morgan fingerprint density at radius 1 is 1.07 bits per heavy atom. The number of anilines is 1. The Balaban J connectivity index is 1.56. The fourth-order valence-corrected chi connectivity index (χ4v) is 3.39. The molecule has 1 aromatic heterocycles. The van der Waals surface area contributed by atoms with E-state index >= 15 is 0 Å². The van der Waals surface area contributed by atoms with Gasteiger partial charge in [-0.25, -0.2) is 0 Å².